The van der Waals surface area contributed by atoms with E-state index in [-0.39, 0.29) is 6.29 Å². The molecule has 70 valence electrons. The third-order valence-electron chi connectivity index (χ3n) is 1.90. The third-order valence-corrected chi connectivity index (χ3v) is 1.90. The summed E-state index contributed by atoms with van der Waals surface area (Å²) in [6, 6.07) is -0.715. The van der Waals surface area contributed by atoms with Crippen LogP contribution >= 0.6 is 0 Å². The Kier molecular flexibility index (Phi) is 2.14. The highest BCUT2D eigenvalue weighted by molar-refractivity contribution is 6.22. The average Bonchev–Trinajstić information content (AvgIpc) is 2.13. The maximum absolute atomic E-state index is 11.1. The molecule has 1 fully saturated rings. The van der Waals surface area contributed by atoms with Gasteiger partial charge < -0.3 is 4.79 Å². The number of urea groups is 1. The highest BCUT2D eigenvalue weighted by Gasteiger charge is 2.42. The van der Waals surface area contributed by atoms with E-state index in [1.807, 2.05) is 0 Å². The molecule has 0 aromatic carbocycles. The van der Waals surface area contributed by atoms with E-state index in [1.54, 1.807) is 0 Å². The molecule has 0 radical (unpaired) electrons. The summed E-state index contributed by atoms with van der Waals surface area (Å²) in [6.07, 6.45) is 0.240. The Hall–Kier alpha value is -1.72. The van der Waals surface area contributed by atoms with Gasteiger partial charge in [0.2, 0.25) is 11.8 Å². The zero-order chi connectivity index (χ0) is 10.2. The van der Waals surface area contributed by atoms with Gasteiger partial charge in [0, 0.05) is 14.1 Å². The Morgan fingerprint density at radius 1 is 1.08 bits per heavy atom. The Morgan fingerprint density at radius 2 is 1.46 bits per heavy atom. The number of nitrogens with zero attached hydrogens (tertiary/aromatic N) is 2. The molecule has 1 aliphatic rings. The molecular weight excluding hydrogens is 176 g/mol. The molecular formula is C7H8N2O4. The number of imide groups is 2. The van der Waals surface area contributed by atoms with Gasteiger partial charge in [0.05, 0.1) is 0 Å². The summed E-state index contributed by atoms with van der Waals surface area (Å²) < 4.78 is 0. The lowest BCUT2D eigenvalue weighted by atomic mass is 10.1. The molecule has 0 unspecified atom stereocenters. The fourth-order valence-electron chi connectivity index (χ4n) is 1.05. The second-order valence-electron chi connectivity index (χ2n) is 2.69. The average molecular weight is 184 g/mol. The van der Waals surface area contributed by atoms with Gasteiger partial charge in [-0.2, -0.15) is 0 Å². The number of rotatable bonds is 1. The third kappa shape index (κ3) is 1.20. The van der Waals surface area contributed by atoms with E-state index in [9.17, 15) is 19.2 Å². The topological polar surface area (TPSA) is 74.8 Å². The maximum Gasteiger partial charge on any atom is 0.332 e. The van der Waals surface area contributed by atoms with Crippen LogP contribution in [0.15, 0.2) is 0 Å². The molecule has 0 atom stereocenters. The highest BCUT2D eigenvalue weighted by Crippen LogP contribution is 2.12. The van der Waals surface area contributed by atoms with E-state index in [1.165, 1.54) is 14.1 Å². The van der Waals surface area contributed by atoms with Crippen LogP contribution in [-0.2, 0) is 14.4 Å². The van der Waals surface area contributed by atoms with Crippen LogP contribution in [0.25, 0.3) is 0 Å². The fraction of sp³-hybridized carbons (Fsp3) is 0.429. The summed E-state index contributed by atoms with van der Waals surface area (Å²) in [5.41, 5.74) is 0. The van der Waals surface area contributed by atoms with Crippen molar-refractivity contribution in [2.45, 2.75) is 0 Å². The zero-order valence-electron chi connectivity index (χ0n) is 7.18. The van der Waals surface area contributed by atoms with Crippen molar-refractivity contribution in [3.05, 3.63) is 0 Å². The van der Waals surface area contributed by atoms with E-state index < -0.39 is 23.8 Å². The van der Waals surface area contributed by atoms with Crippen molar-refractivity contribution in [2.75, 3.05) is 14.1 Å². The molecule has 0 aromatic heterocycles. The van der Waals surface area contributed by atoms with E-state index in [0.717, 1.165) is 9.80 Å². The van der Waals surface area contributed by atoms with Crippen LogP contribution in [0.4, 0.5) is 4.79 Å². The number of hydrogen-bond donors (Lipinski definition) is 0. The van der Waals surface area contributed by atoms with Crippen molar-refractivity contribution in [1.29, 1.82) is 0 Å². The van der Waals surface area contributed by atoms with Crippen LogP contribution < -0.4 is 0 Å². The van der Waals surface area contributed by atoms with Crippen LogP contribution in [0.5, 0.6) is 0 Å². The molecule has 1 aliphatic heterocycles. The molecule has 0 saturated carbocycles. The number of hydrogen-bond acceptors (Lipinski definition) is 4. The van der Waals surface area contributed by atoms with Crippen LogP contribution in [0.1, 0.15) is 0 Å². The Labute approximate surface area is 74.1 Å². The SMILES string of the molecule is CN1C(=O)C(C=O)C(=O)N(C)C1=O. The molecule has 4 amide bonds. The molecule has 13 heavy (non-hydrogen) atoms. The highest BCUT2D eigenvalue weighted by atomic mass is 16.2. The van der Waals surface area contributed by atoms with Gasteiger partial charge in [-0.25, -0.2) is 4.79 Å². The summed E-state index contributed by atoms with van der Waals surface area (Å²) in [6.45, 7) is 0. The molecule has 1 heterocycles. The van der Waals surface area contributed by atoms with E-state index >= 15 is 0 Å². The number of carbonyl (C=O) groups is 4. The first-order chi connectivity index (χ1) is 6.00. The van der Waals surface area contributed by atoms with Crippen molar-refractivity contribution < 1.29 is 19.2 Å². The van der Waals surface area contributed by atoms with Gasteiger partial charge in [0.15, 0.2) is 5.92 Å². The molecule has 0 aromatic rings. The molecule has 6 nitrogen and oxygen atoms in total. The van der Waals surface area contributed by atoms with E-state index in [0.29, 0.717) is 0 Å². The summed E-state index contributed by atoms with van der Waals surface area (Å²) in [5.74, 6) is -2.92. The predicted octanol–water partition coefficient (Wildman–Crippen LogP) is -1.15. The minimum absolute atomic E-state index is 0.240. The van der Waals surface area contributed by atoms with Gasteiger partial charge in [-0.15, -0.1) is 0 Å². The lowest BCUT2D eigenvalue weighted by Gasteiger charge is -2.30. The van der Waals surface area contributed by atoms with Crippen LogP contribution in [-0.4, -0.2) is 48.0 Å². The maximum atomic E-state index is 11.1. The van der Waals surface area contributed by atoms with Crippen molar-refractivity contribution in [3.63, 3.8) is 0 Å². The van der Waals surface area contributed by atoms with Gasteiger partial charge in [-0.3, -0.25) is 19.4 Å². The Balaban J connectivity index is 3.05. The summed E-state index contributed by atoms with van der Waals surface area (Å²) >= 11 is 0. The molecule has 0 N–H and O–H groups in total. The zero-order valence-corrected chi connectivity index (χ0v) is 7.18. The lowest BCUT2D eigenvalue weighted by Crippen LogP contribution is -2.57. The monoisotopic (exact) mass is 184 g/mol. The summed E-state index contributed by atoms with van der Waals surface area (Å²) in [4.78, 5) is 45.3. The van der Waals surface area contributed by atoms with Crippen molar-refractivity contribution >= 4 is 24.1 Å². The normalized spacial score (nSPS) is 19.7. The Bertz CT molecular complexity index is 275. The van der Waals surface area contributed by atoms with Crippen LogP contribution in [0, 0.1) is 5.92 Å². The molecule has 1 saturated heterocycles. The van der Waals surface area contributed by atoms with Gasteiger partial charge in [0.1, 0.15) is 6.29 Å². The predicted molar refractivity (Wildman–Crippen MR) is 40.5 cm³/mol. The minimum atomic E-state index is -1.37. The Morgan fingerprint density at radius 3 is 1.77 bits per heavy atom. The largest absolute Gasteiger partial charge is 0.332 e. The number of carbonyl (C=O) groups excluding carboxylic acids is 4. The number of barbiturate groups is 1. The first-order valence-corrected chi connectivity index (χ1v) is 3.55. The lowest BCUT2D eigenvalue weighted by molar-refractivity contribution is -0.148. The smallest absolute Gasteiger partial charge is 0.302 e. The summed E-state index contributed by atoms with van der Waals surface area (Å²) in [7, 11) is 2.45. The van der Waals surface area contributed by atoms with Gasteiger partial charge in [-0.05, 0) is 0 Å². The molecule has 1 rings (SSSR count). The van der Waals surface area contributed by atoms with Crippen LogP contribution in [0.3, 0.4) is 0 Å². The van der Waals surface area contributed by atoms with Crippen molar-refractivity contribution in [1.82, 2.24) is 9.80 Å². The second-order valence-corrected chi connectivity index (χ2v) is 2.69. The molecule has 0 aliphatic carbocycles. The minimum Gasteiger partial charge on any atom is -0.302 e. The number of aldehydes is 1. The van der Waals surface area contributed by atoms with Crippen LogP contribution in [0.2, 0.25) is 0 Å². The fourth-order valence-corrected chi connectivity index (χ4v) is 1.05. The van der Waals surface area contributed by atoms with Gasteiger partial charge >= 0.3 is 6.03 Å². The second kappa shape index (κ2) is 2.96. The van der Waals surface area contributed by atoms with Crippen molar-refractivity contribution in [2.24, 2.45) is 5.92 Å². The summed E-state index contributed by atoms with van der Waals surface area (Å²) in [5, 5.41) is 0. The molecule has 0 bridgehead atoms. The standard InChI is InChI=1S/C7H8N2O4/c1-8-5(11)4(3-10)6(12)9(2)7(8)13/h3-4H,1-2H3. The van der Waals surface area contributed by atoms with Gasteiger partial charge in [0.25, 0.3) is 0 Å². The number of amides is 4. The van der Waals surface area contributed by atoms with Crippen molar-refractivity contribution in [3.8, 4) is 0 Å². The quantitative estimate of drug-likeness (QED) is 0.381. The van der Waals surface area contributed by atoms with Gasteiger partial charge in [-0.1, -0.05) is 0 Å². The first-order valence-electron chi connectivity index (χ1n) is 3.55. The molecule has 0 spiro atoms. The first kappa shape index (κ1) is 9.37. The van der Waals surface area contributed by atoms with E-state index in [4.69, 9.17) is 0 Å². The molecule has 6 heteroatoms. The van der Waals surface area contributed by atoms with E-state index in [2.05, 4.69) is 0 Å².